The van der Waals surface area contributed by atoms with Crippen molar-refractivity contribution in [3.63, 3.8) is 0 Å². The highest BCUT2D eigenvalue weighted by molar-refractivity contribution is 5.93. The zero-order valence-corrected chi connectivity index (χ0v) is 11.0. The Hall–Kier alpha value is -3.10. The number of hydrogen-bond acceptors (Lipinski definition) is 8. The first-order valence-corrected chi connectivity index (χ1v) is 6.06. The Kier molecular flexibility index (Phi) is 3.14. The quantitative estimate of drug-likeness (QED) is 0.569. The molecule has 106 valence electrons. The molecule has 3 aromatic rings. The van der Waals surface area contributed by atoms with Gasteiger partial charge in [0.1, 0.15) is 0 Å². The minimum absolute atomic E-state index is 0.111. The number of nitrogens with one attached hydrogen (secondary N) is 1. The summed E-state index contributed by atoms with van der Waals surface area (Å²) in [5.74, 6) is 0. The highest BCUT2D eigenvalue weighted by atomic mass is 16.6. The summed E-state index contributed by atoms with van der Waals surface area (Å²) in [5, 5.41) is 21.3. The number of aryl methyl sites for hydroxylation is 1. The largest absolute Gasteiger partial charge is 0.377 e. The Labute approximate surface area is 118 Å². The van der Waals surface area contributed by atoms with E-state index in [1.807, 2.05) is 6.92 Å². The lowest BCUT2D eigenvalue weighted by atomic mass is 10.2. The molecule has 0 spiro atoms. The molecule has 21 heavy (non-hydrogen) atoms. The molecule has 0 atom stereocenters. The number of fused-ring (bicyclic) bond motifs is 1. The number of aromatic nitrogens is 4. The molecule has 0 aliphatic rings. The van der Waals surface area contributed by atoms with Crippen LogP contribution in [0.2, 0.25) is 0 Å². The van der Waals surface area contributed by atoms with Crippen molar-refractivity contribution in [3.8, 4) is 0 Å². The summed E-state index contributed by atoms with van der Waals surface area (Å²) in [7, 11) is 0. The van der Waals surface area contributed by atoms with E-state index < -0.39 is 4.92 Å². The molecule has 1 aromatic carbocycles. The van der Waals surface area contributed by atoms with Gasteiger partial charge in [0.2, 0.25) is 5.52 Å². The average molecular weight is 286 g/mol. The molecule has 0 aliphatic carbocycles. The molecule has 3 rings (SSSR count). The number of anilines is 1. The van der Waals surface area contributed by atoms with Gasteiger partial charge in [0.05, 0.1) is 34.7 Å². The standard InChI is InChI=1S/C12H10N6O3/c1-7-4-14-8(5-13-7)6-15-9-2-3-10(18(19)20)12-11(9)16-21-17-12/h2-5,15H,6H2,1H3. The van der Waals surface area contributed by atoms with E-state index in [1.165, 1.54) is 6.07 Å². The van der Waals surface area contributed by atoms with Crippen molar-refractivity contribution in [3.05, 3.63) is 46.0 Å². The second-order valence-corrected chi connectivity index (χ2v) is 4.35. The van der Waals surface area contributed by atoms with Crippen LogP contribution in [0.1, 0.15) is 11.4 Å². The van der Waals surface area contributed by atoms with Crippen LogP contribution in [0.3, 0.4) is 0 Å². The molecule has 2 aromatic heterocycles. The highest BCUT2D eigenvalue weighted by Gasteiger charge is 2.19. The van der Waals surface area contributed by atoms with E-state index in [0.29, 0.717) is 17.7 Å². The zero-order valence-electron chi connectivity index (χ0n) is 11.0. The predicted molar refractivity (Wildman–Crippen MR) is 72.6 cm³/mol. The van der Waals surface area contributed by atoms with Gasteiger partial charge in [-0.25, -0.2) is 4.63 Å². The van der Waals surface area contributed by atoms with Crippen molar-refractivity contribution in [1.29, 1.82) is 0 Å². The van der Waals surface area contributed by atoms with Crippen LogP contribution in [0.4, 0.5) is 11.4 Å². The molecular weight excluding hydrogens is 276 g/mol. The number of nitrogens with zero attached hydrogens (tertiary/aromatic N) is 5. The normalized spacial score (nSPS) is 10.7. The molecule has 1 N–H and O–H groups in total. The summed E-state index contributed by atoms with van der Waals surface area (Å²) < 4.78 is 4.59. The molecule has 0 radical (unpaired) electrons. The van der Waals surface area contributed by atoms with Crippen molar-refractivity contribution in [2.75, 3.05) is 5.32 Å². The van der Waals surface area contributed by atoms with E-state index in [9.17, 15) is 10.1 Å². The predicted octanol–water partition coefficient (Wildman–Crippen LogP) is 1.84. The first-order chi connectivity index (χ1) is 10.1. The fraction of sp³-hybridized carbons (Fsp3) is 0.167. The molecule has 0 saturated heterocycles. The van der Waals surface area contributed by atoms with Gasteiger partial charge in [-0.1, -0.05) is 0 Å². The summed E-state index contributed by atoms with van der Waals surface area (Å²) in [6.45, 7) is 2.26. The Bertz CT molecular complexity index is 798. The van der Waals surface area contributed by atoms with Gasteiger partial charge in [-0.3, -0.25) is 20.1 Å². The molecular formula is C12H10N6O3. The van der Waals surface area contributed by atoms with E-state index in [2.05, 4.69) is 30.2 Å². The molecule has 0 aliphatic heterocycles. The van der Waals surface area contributed by atoms with Crippen LogP contribution < -0.4 is 5.32 Å². The van der Waals surface area contributed by atoms with Gasteiger partial charge in [-0.05, 0) is 23.3 Å². The van der Waals surface area contributed by atoms with Crippen LogP contribution >= 0.6 is 0 Å². The number of hydrogen-bond donors (Lipinski definition) is 1. The Morgan fingerprint density at radius 2 is 2.05 bits per heavy atom. The average Bonchev–Trinajstić information content (AvgIpc) is 2.95. The second kappa shape index (κ2) is 5.12. The summed E-state index contributed by atoms with van der Waals surface area (Å²) in [6, 6.07) is 2.92. The zero-order chi connectivity index (χ0) is 14.8. The van der Waals surface area contributed by atoms with Crippen molar-refractivity contribution < 1.29 is 9.55 Å². The molecule has 9 heteroatoms. The van der Waals surface area contributed by atoms with Crippen molar-refractivity contribution in [1.82, 2.24) is 20.3 Å². The maximum absolute atomic E-state index is 10.9. The van der Waals surface area contributed by atoms with E-state index in [0.717, 1.165) is 11.4 Å². The van der Waals surface area contributed by atoms with Crippen LogP contribution in [0.5, 0.6) is 0 Å². The Morgan fingerprint density at radius 3 is 2.76 bits per heavy atom. The lowest BCUT2D eigenvalue weighted by molar-refractivity contribution is -0.383. The van der Waals surface area contributed by atoms with Crippen LogP contribution in [0.15, 0.2) is 29.2 Å². The maximum atomic E-state index is 10.9. The van der Waals surface area contributed by atoms with Gasteiger partial charge in [0.25, 0.3) is 0 Å². The first kappa shape index (κ1) is 12.9. The molecule has 0 bridgehead atoms. The third-order valence-electron chi connectivity index (χ3n) is 2.89. The monoisotopic (exact) mass is 286 g/mol. The Morgan fingerprint density at radius 1 is 1.24 bits per heavy atom. The second-order valence-electron chi connectivity index (χ2n) is 4.35. The SMILES string of the molecule is Cc1cnc(CNc2ccc([N+](=O)[O-])c3nonc23)cn1. The summed E-state index contributed by atoms with van der Waals surface area (Å²) in [5.41, 5.74) is 2.43. The lowest BCUT2D eigenvalue weighted by Crippen LogP contribution is -2.03. The number of non-ortho nitro benzene ring substituents is 1. The molecule has 2 heterocycles. The Balaban J connectivity index is 1.88. The van der Waals surface area contributed by atoms with Crippen LogP contribution in [0.25, 0.3) is 11.0 Å². The van der Waals surface area contributed by atoms with Gasteiger partial charge in [-0.15, -0.1) is 0 Å². The fourth-order valence-corrected chi connectivity index (χ4v) is 1.84. The lowest BCUT2D eigenvalue weighted by Gasteiger charge is -2.05. The number of rotatable bonds is 4. The van der Waals surface area contributed by atoms with Crippen LogP contribution in [-0.2, 0) is 6.54 Å². The van der Waals surface area contributed by atoms with Gasteiger partial charge >= 0.3 is 5.69 Å². The number of nitro groups is 1. The molecule has 0 amide bonds. The molecule has 9 nitrogen and oxygen atoms in total. The minimum Gasteiger partial charge on any atom is -0.377 e. The van der Waals surface area contributed by atoms with Crippen molar-refractivity contribution >= 4 is 22.4 Å². The third kappa shape index (κ3) is 2.48. The number of nitro benzene ring substituents is 1. The molecule has 0 saturated carbocycles. The van der Waals surface area contributed by atoms with Crippen molar-refractivity contribution in [2.45, 2.75) is 13.5 Å². The fourth-order valence-electron chi connectivity index (χ4n) is 1.84. The van der Waals surface area contributed by atoms with Gasteiger partial charge in [0, 0.05) is 12.3 Å². The number of benzene rings is 1. The van der Waals surface area contributed by atoms with Gasteiger partial charge in [-0.2, -0.15) is 0 Å². The van der Waals surface area contributed by atoms with E-state index in [-0.39, 0.29) is 11.2 Å². The van der Waals surface area contributed by atoms with E-state index in [1.54, 1.807) is 18.5 Å². The summed E-state index contributed by atoms with van der Waals surface area (Å²) >= 11 is 0. The first-order valence-electron chi connectivity index (χ1n) is 6.06. The van der Waals surface area contributed by atoms with Gasteiger partial charge in [0.15, 0.2) is 5.52 Å². The topological polar surface area (TPSA) is 120 Å². The van der Waals surface area contributed by atoms with Crippen molar-refractivity contribution in [2.24, 2.45) is 0 Å². The smallest absolute Gasteiger partial charge is 0.300 e. The summed E-state index contributed by atoms with van der Waals surface area (Å²) in [4.78, 5) is 18.7. The third-order valence-corrected chi connectivity index (χ3v) is 2.89. The molecule has 0 unspecified atom stereocenters. The van der Waals surface area contributed by atoms with E-state index in [4.69, 9.17) is 0 Å². The minimum atomic E-state index is -0.526. The van der Waals surface area contributed by atoms with Crippen LogP contribution in [-0.4, -0.2) is 25.2 Å². The highest BCUT2D eigenvalue weighted by Crippen LogP contribution is 2.28. The molecule has 0 fully saturated rings. The summed E-state index contributed by atoms with van der Waals surface area (Å²) in [6.07, 6.45) is 3.33. The maximum Gasteiger partial charge on any atom is 0.300 e. The van der Waals surface area contributed by atoms with Crippen LogP contribution in [0, 0.1) is 17.0 Å². The van der Waals surface area contributed by atoms with Gasteiger partial charge < -0.3 is 5.32 Å². The van der Waals surface area contributed by atoms with E-state index >= 15 is 0 Å².